The molecular formula is C12H14Cl2O4S. The molecule has 0 aliphatic rings. The molecule has 0 N–H and O–H groups in total. The van der Waals surface area contributed by atoms with Crippen LogP contribution in [0.4, 0.5) is 0 Å². The summed E-state index contributed by atoms with van der Waals surface area (Å²) in [4.78, 5) is 11.6. The average molecular weight is 325 g/mol. The molecule has 1 rings (SSSR count). The van der Waals surface area contributed by atoms with Crippen LogP contribution >= 0.6 is 23.2 Å². The lowest BCUT2D eigenvalue weighted by atomic mass is 9.97. The maximum atomic E-state index is 12.2. The van der Waals surface area contributed by atoms with Gasteiger partial charge in [-0.25, -0.2) is 8.42 Å². The van der Waals surface area contributed by atoms with Gasteiger partial charge in [0.2, 0.25) is 0 Å². The molecule has 0 radical (unpaired) electrons. The first-order valence-electron chi connectivity index (χ1n) is 5.36. The van der Waals surface area contributed by atoms with Gasteiger partial charge in [0.1, 0.15) is 0 Å². The Morgan fingerprint density at radius 3 is 2.32 bits per heavy atom. The third-order valence-electron chi connectivity index (χ3n) is 2.54. The Kier molecular flexibility index (Phi) is 4.87. The van der Waals surface area contributed by atoms with Crippen LogP contribution in [0.15, 0.2) is 23.1 Å². The molecule has 19 heavy (non-hydrogen) atoms. The van der Waals surface area contributed by atoms with Crippen LogP contribution in [0.2, 0.25) is 10.0 Å². The summed E-state index contributed by atoms with van der Waals surface area (Å²) in [5.41, 5.74) is -1.14. The topological polar surface area (TPSA) is 60.4 Å². The highest BCUT2D eigenvalue weighted by atomic mass is 35.5. The summed E-state index contributed by atoms with van der Waals surface area (Å²) in [5, 5.41) is 0.423. The molecule has 0 fully saturated rings. The fraction of sp³-hybridized carbons (Fsp3) is 0.417. The summed E-state index contributed by atoms with van der Waals surface area (Å²) in [6.07, 6.45) is 0. The van der Waals surface area contributed by atoms with Gasteiger partial charge in [-0.2, -0.15) is 0 Å². The molecule has 0 unspecified atom stereocenters. The Morgan fingerprint density at radius 2 is 1.84 bits per heavy atom. The minimum absolute atomic E-state index is 0.0267. The van der Waals surface area contributed by atoms with Crippen molar-refractivity contribution in [2.24, 2.45) is 5.41 Å². The van der Waals surface area contributed by atoms with Crippen LogP contribution in [0.25, 0.3) is 0 Å². The van der Waals surface area contributed by atoms with Crippen molar-refractivity contribution in [3.63, 3.8) is 0 Å². The Bertz CT molecular complexity index is 594. The molecule has 1 aromatic carbocycles. The van der Waals surface area contributed by atoms with Crippen LogP contribution in [-0.4, -0.2) is 27.2 Å². The molecule has 0 atom stereocenters. The van der Waals surface area contributed by atoms with Crippen LogP contribution in [-0.2, 0) is 19.4 Å². The van der Waals surface area contributed by atoms with Crippen molar-refractivity contribution in [1.82, 2.24) is 0 Å². The van der Waals surface area contributed by atoms with Crippen molar-refractivity contribution in [3.05, 3.63) is 28.2 Å². The SMILES string of the molecule is COC(=O)C(C)(C)CS(=O)(=O)c1ccc(Cl)c(Cl)c1. The van der Waals surface area contributed by atoms with Crippen molar-refractivity contribution in [3.8, 4) is 0 Å². The Labute approximate surface area is 122 Å². The number of hydrogen-bond donors (Lipinski definition) is 0. The Balaban J connectivity index is 3.11. The van der Waals surface area contributed by atoms with Gasteiger partial charge in [-0.1, -0.05) is 23.2 Å². The fourth-order valence-corrected chi connectivity index (χ4v) is 3.73. The molecule has 0 spiro atoms. The minimum Gasteiger partial charge on any atom is -0.469 e. The van der Waals surface area contributed by atoms with Gasteiger partial charge in [-0.05, 0) is 32.0 Å². The van der Waals surface area contributed by atoms with Crippen molar-refractivity contribution in [2.75, 3.05) is 12.9 Å². The number of carbonyl (C=O) groups excluding carboxylic acids is 1. The molecule has 7 heteroatoms. The molecule has 0 amide bonds. The van der Waals surface area contributed by atoms with Crippen molar-refractivity contribution < 1.29 is 17.9 Å². The van der Waals surface area contributed by atoms with Gasteiger partial charge in [-0.15, -0.1) is 0 Å². The zero-order valence-corrected chi connectivity index (χ0v) is 13.1. The van der Waals surface area contributed by atoms with E-state index in [1.165, 1.54) is 39.2 Å². The maximum Gasteiger partial charge on any atom is 0.312 e. The zero-order valence-electron chi connectivity index (χ0n) is 10.7. The van der Waals surface area contributed by atoms with E-state index < -0.39 is 21.2 Å². The highest BCUT2D eigenvalue weighted by molar-refractivity contribution is 7.91. The lowest BCUT2D eigenvalue weighted by Crippen LogP contribution is -2.33. The van der Waals surface area contributed by atoms with Crippen LogP contribution in [0.5, 0.6) is 0 Å². The summed E-state index contributed by atoms with van der Waals surface area (Å²) >= 11 is 11.5. The normalized spacial score (nSPS) is 12.3. The van der Waals surface area contributed by atoms with Crippen molar-refractivity contribution in [1.29, 1.82) is 0 Å². The first-order chi connectivity index (χ1) is 8.60. The summed E-state index contributed by atoms with van der Waals surface area (Å²) in [6.45, 7) is 3.02. The first kappa shape index (κ1) is 16.3. The lowest BCUT2D eigenvalue weighted by Gasteiger charge is -2.21. The van der Waals surface area contributed by atoms with Gasteiger partial charge >= 0.3 is 5.97 Å². The molecule has 0 aromatic heterocycles. The van der Waals surface area contributed by atoms with Gasteiger partial charge in [-0.3, -0.25) is 4.79 Å². The van der Waals surface area contributed by atoms with Gasteiger partial charge in [0.15, 0.2) is 9.84 Å². The molecule has 0 saturated carbocycles. The molecule has 0 heterocycles. The third-order valence-corrected chi connectivity index (χ3v) is 5.35. The quantitative estimate of drug-likeness (QED) is 0.799. The molecule has 0 bridgehead atoms. The molecule has 0 saturated heterocycles. The number of methoxy groups -OCH3 is 1. The fourth-order valence-electron chi connectivity index (χ4n) is 1.56. The highest BCUT2D eigenvalue weighted by Crippen LogP contribution is 2.28. The zero-order chi connectivity index (χ0) is 14.8. The summed E-state index contributed by atoms with van der Waals surface area (Å²) in [6, 6.07) is 4.03. The van der Waals surface area contributed by atoms with E-state index in [1.54, 1.807) is 0 Å². The number of sulfone groups is 1. The van der Waals surface area contributed by atoms with E-state index in [0.29, 0.717) is 0 Å². The van der Waals surface area contributed by atoms with E-state index in [1.807, 2.05) is 0 Å². The van der Waals surface area contributed by atoms with Gasteiger partial charge in [0, 0.05) is 0 Å². The van der Waals surface area contributed by atoms with Crippen LogP contribution in [0.3, 0.4) is 0 Å². The van der Waals surface area contributed by atoms with Crippen LogP contribution in [0, 0.1) is 5.41 Å². The minimum atomic E-state index is -3.66. The largest absolute Gasteiger partial charge is 0.469 e. The second-order valence-corrected chi connectivity index (χ2v) is 7.51. The van der Waals surface area contributed by atoms with Crippen molar-refractivity contribution >= 4 is 39.0 Å². The molecule has 0 aliphatic heterocycles. The second-order valence-electron chi connectivity index (χ2n) is 4.71. The number of halogens is 2. The smallest absolute Gasteiger partial charge is 0.312 e. The number of benzene rings is 1. The van der Waals surface area contributed by atoms with Gasteiger partial charge in [0.25, 0.3) is 0 Å². The summed E-state index contributed by atoms with van der Waals surface area (Å²) < 4.78 is 29.0. The molecule has 0 aliphatic carbocycles. The number of carbonyl (C=O) groups is 1. The van der Waals surface area contributed by atoms with Gasteiger partial charge < -0.3 is 4.74 Å². The monoisotopic (exact) mass is 324 g/mol. The van der Waals surface area contributed by atoms with Crippen LogP contribution < -0.4 is 0 Å². The van der Waals surface area contributed by atoms with Gasteiger partial charge in [0.05, 0.1) is 33.2 Å². The second kappa shape index (κ2) is 5.69. The Hall–Kier alpha value is -0.780. The van der Waals surface area contributed by atoms with Crippen LogP contribution in [0.1, 0.15) is 13.8 Å². The molecular weight excluding hydrogens is 311 g/mol. The molecule has 106 valence electrons. The van der Waals surface area contributed by atoms with E-state index >= 15 is 0 Å². The lowest BCUT2D eigenvalue weighted by molar-refractivity contribution is -0.149. The summed E-state index contributed by atoms with van der Waals surface area (Å²) in [7, 11) is -2.44. The van der Waals surface area contributed by atoms with E-state index in [0.717, 1.165) is 0 Å². The summed E-state index contributed by atoms with van der Waals surface area (Å²) in [5.74, 6) is -0.957. The van der Waals surface area contributed by atoms with E-state index in [4.69, 9.17) is 23.2 Å². The molecule has 4 nitrogen and oxygen atoms in total. The third kappa shape index (κ3) is 3.84. The number of esters is 1. The Morgan fingerprint density at radius 1 is 1.26 bits per heavy atom. The first-order valence-corrected chi connectivity index (χ1v) is 7.77. The van der Waals surface area contributed by atoms with E-state index in [2.05, 4.69) is 4.74 Å². The van der Waals surface area contributed by atoms with Crippen molar-refractivity contribution in [2.45, 2.75) is 18.7 Å². The number of hydrogen-bond acceptors (Lipinski definition) is 4. The average Bonchev–Trinajstić information content (AvgIpc) is 2.30. The number of rotatable bonds is 4. The van der Waals surface area contributed by atoms with E-state index in [9.17, 15) is 13.2 Å². The molecule has 1 aromatic rings. The number of ether oxygens (including phenoxy) is 1. The highest BCUT2D eigenvalue weighted by Gasteiger charge is 2.35. The predicted octanol–water partition coefficient (Wildman–Crippen LogP) is 2.97. The van der Waals surface area contributed by atoms with E-state index in [-0.39, 0.29) is 20.7 Å². The standard InChI is InChI=1S/C12H14Cl2O4S/c1-12(2,11(15)18-3)7-19(16,17)8-4-5-9(13)10(14)6-8/h4-6H,7H2,1-3H3. The predicted molar refractivity (Wildman–Crippen MR) is 74.3 cm³/mol. The maximum absolute atomic E-state index is 12.2.